The van der Waals surface area contributed by atoms with Crippen LogP contribution in [0.1, 0.15) is 30.5 Å². The van der Waals surface area contributed by atoms with Crippen molar-refractivity contribution in [2.45, 2.75) is 32.4 Å². The molecule has 2 N–H and O–H groups in total. The van der Waals surface area contributed by atoms with Gasteiger partial charge in [0, 0.05) is 17.1 Å². The number of hydrogen-bond acceptors (Lipinski definition) is 3. The summed E-state index contributed by atoms with van der Waals surface area (Å²) in [6.07, 6.45) is -0.0333. The van der Waals surface area contributed by atoms with Crippen molar-refractivity contribution < 1.29 is 18.6 Å². The van der Waals surface area contributed by atoms with Gasteiger partial charge in [0.1, 0.15) is 12.7 Å². The number of benzene rings is 2. The minimum absolute atomic E-state index is 0. The van der Waals surface area contributed by atoms with Crippen LogP contribution in [0.2, 0.25) is 0 Å². The Bertz CT molecular complexity index is 677. The highest BCUT2D eigenvalue weighted by molar-refractivity contribution is 9.10. The van der Waals surface area contributed by atoms with E-state index in [4.69, 9.17) is 4.74 Å². The van der Waals surface area contributed by atoms with Crippen molar-refractivity contribution >= 4 is 28.3 Å². The van der Waals surface area contributed by atoms with Gasteiger partial charge >= 0.3 is 0 Å². The Morgan fingerprint density at radius 2 is 1.73 bits per heavy atom. The van der Waals surface area contributed by atoms with Gasteiger partial charge in [0.05, 0.1) is 0 Å². The van der Waals surface area contributed by atoms with Gasteiger partial charge in [0.2, 0.25) is 0 Å². The molecule has 0 bridgehead atoms. The van der Waals surface area contributed by atoms with Crippen LogP contribution in [0, 0.1) is 18.6 Å². The topological polar surface area (TPSA) is 41.5 Å². The molecule has 0 fully saturated rings. The molecule has 0 aliphatic carbocycles. The first kappa shape index (κ1) is 22.8. The smallest absolute Gasteiger partial charge is 0.190 e. The maximum absolute atomic E-state index is 13.7. The Morgan fingerprint density at radius 1 is 1.15 bits per heavy atom. The predicted octanol–water partition coefficient (Wildman–Crippen LogP) is 4.94. The average Bonchev–Trinajstić information content (AvgIpc) is 2.56. The van der Waals surface area contributed by atoms with Crippen LogP contribution in [0.5, 0.6) is 5.75 Å². The normalized spacial score (nSPS) is 13.0. The zero-order chi connectivity index (χ0) is 18.4. The lowest BCUT2D eigenvalue weighted by Crippen LogP contribution is -2.34. The van der Waals surface area contributed by atoms with E-state index < -0.39 is 23.5 Å². The van der Waals surface area contributed by atoms with E-state index in [0.717, 1.165) is 24.1 Å². The molecule has 0 saturated carbocycles. The van der Waals surface area contributed by atoms with E-state index in [9.17, 15) is 13.9 Å². The van der Waals surface area contributed by atoms with Gasteiger partial charge < -0.3 is 15.2 Å². The first-order valence-electron chi connectivity index (χ1n) is 8.16. The number of nitrogens with one attached hydrogen (secondary N) is 1. The maximum atomic E-state index is 13.7. The minimum atomic E-state index is -0.887. The van der Waals surface area contributed by atoms with Gasteiger partial charge in [-0.2, -0.15) is 0 Å². The van der Waals surface area contributed by atoms with E-state index in [1.807, 2.05) is 38.1 Å². The molecular weight excluding hydrogens is 428 g/mol. The highest BCUT2D eigenvalue weighted by atomic mass is 79.9. The average molecular weight is 451 g/mol. The van der Waals surface area contributed by atoms with E-state index in [1.165, 1.54) is 5.56 Å². The Balaban J connectivity index is 0.00000338. The third-order valence-electron chi connectivity index (χ3n) is 3.87. The van der Waals surface area contributed by atoms with Gasteiger partial charge in [0.15, 0.2) is 17.4 Å². The Labute approximate surface area is 167 Å². The number of ether oxygens (including phenoxy) is 1. The predicted molar refractivity (Wildman–Crippen MR) is 105 cm³/mol. The molecule has 0 heterocycles. The summed E-state index contributed by atoms with van der Waals surface area (Å²) in [5.41, 5.74) is 2.32. The van der Waals surface area contributed by atoms with Crippen molar-refractivity contribution in [3.63, 3.8) is 0 Å². The Hall–Kier alpha value is -1.21. The summed E-state index contributed by atoms with van der Waals surface area (Å²) >= 11 is 3.01. The molecular formula is C19H23BrClF2NO2. The molecule has 3 nitrogen and oxygen atoms in total. The quantitative estimate of drug-likeness (QED) is 0.599. The summed E-state index contributed by atoms with van der Waals surface area (Å²) in [6, 6.07) is 10.5. The van der Waals surface area contributed by atoms with Crippen LogP contribution in [0.25, 0.3) is 0 Å². The third-order valence-corrected chi connectivity index (χ3v) is 4.33. The number of aliphatic hydroxyl groups is 1. The Morgan fingerprint density at radius 3 is 2.27 bits per heavy atom. The standard InChI is InChI=1S/C19H22BrF2NO2.ClH/c1-3-18(13-6-4-12(2)5-7-13)23-10-15(24)11-25-19-16(21)8-14(20)9-17(19)22;/h4-9,15,18,23-24H,3,10-11H2,1-2H3;1H. The molecule has 0 aliphatic heterocycles. The first-order chi connectivity index (χ1) is 11.9. The van der Waals surface area contributed by atoms with E-state index >= 15 is 0 Å². The molecule has 2 unspecified atom stereocenters. The lowest BCUT2D eigenvalue weighted by Gasteiger charge is -2.20. The lowest BCUT2D eigenvalue weighted by atomic mass is 10.0. The number of halogens is 4. The van der Waals surface area contributed by atoms with Crippen LogP contribution in [0.4, 0.5) is 8.78 Å². The number of hydrogen-bond donors (Lipinski definition) is 2. The summed E-state index contributed by atoms with van der Waals surface area (Å²) in [5, 5.41) is 13.3. The fraction of sp³-hybridized carbons (Fsp3) is 0.368. The van der Waals surface area contributed by atoms with Crippen molar-refractivity contribution in [2.24, 2.45) is 0 Å². The van der Waals surface area contributed by atoms with Crippen molar-refractivity contribution in [3.8, 4) is 5.75 Å². The summed E-state index contributed by atoms with van der Waals surface area (Å²) < 4.78 is 32.8. The van der Waals surface area contributed by atoms with Gasteiger partial charge in [-0.3, -0.25) is 0 Å². The molecule has 26 heavy (non-hydrogen) atoms. The summed E-state index contributed by atoms with van der Waals surface area (Å²) in [5.74, 6) is -2.09. The van der Waals surface area contributed by atoms with Gasteiger partial charge in [-0.15, -0.1) is 12.4 Å². The number of aliphatic hydroxyl groups excluding tert-OH is 1. The first-order valence-corrected chi connectivity index (χ1v) is 8.95. The fourth-order valence-electron chi connectivity index (χ4n) is 2.48. The van der Waals surface area contributed by atoms with Crippen LogP contribution in [-0.2, 0) is 0 Å². The van der Waals surface area contributed by atoms with Crippen LogP contribution in [0.15, 0.2) is 40.9 Å². The molecule has 0 spiro atoms. The second kappa shape index (κ2) is 10.8. The second-order valence-electron chi connectivity index (χ2n) is 5.94. The highest BCUT2D eigenvalue weighted by Crippen LogP contribution is 2.26. The third kappa shape index (κ3) is 6.50. The van der Waals surface area contributed by atoms with Crippen LogP contribution < -0.4 is 10.1 Å². The largest absolute Gasteiger partial charge is 0.485 e. The van der Waals surface area contributed by atoms with Crippen molar-refractivity contribution in [3.05, 3.63) is 63.6 Å². The van der Waals surface area contributed by atoms with Crippen molar-refractivity contribution in [1.82, 2.24) is 5.32 Å². The van der Waals surface area contributed by atoms with Gasteiger partial charge in [-0.1, -0.05) is 52.7 Å². The van der Waals surface area contributed by atoms with Crippen LogP contribution >= 0.6 is 28.3 Å². The monoisotopic (exact) mass is 449 g/mol. The van der Waals surface area contributed by atoms with E-state index in [0.29, 0.717) is 4.47 Å². The molecule has 0 amide bonds. The van der Waals surface area contributed by atoms with Gasteiger partial charge in [-0.05, 0) is 31.0 Å². The van der Waals surface area contributed by atoms with Crippen molar-refractivity contribution in [2.75, 3.05) is 13.2 Å². The van der Waals surface area contributed by atoms with E-state index in [2.05, 4.69) is 21.2 Å². The highest BCUT2D eigenvalue weighted by Gasteiger charge is 2.16. The molecule has 2 aromatic carbocycles. The molecule has 0 radical (unpaired) electrons. The summed E-state index contributed by atoms with van der Waals surface area (Å²) in [7, 11) is 0. The minimum Gasteiger partial charge on any atom is -0.485 e. The zero-order valence-corrected chi connectivity index (χ0v) is 17.0. The molecule has 0 saturated heterocycles. The van der Waals surface area contributed by atoms with Crippen LogP contribution in [0.3, 0.4) is 0 Å². The maximum Gasteiger partial charge on any atom is 0.190 e. The molecule has 2 aromatic rings. The molecule has 0 aromatic heterocycles. The molecule has 2 atom stereocenters. The van der Waals surface area contributed by atoms with Gasteiger partial charge in [0.25, 0.3) is 0 Å². The summed E-state index contributed by atoms with van der Waals surface area (Å²) in [4.78, 5) is 0. The van der Waals surface area contributed by atoms with Crippen molar-refractivity contribution in [1.29, 1.82) is 0 Å². The number of rotatable bonds is 8. The fourth-order valence-corrected chi connectivity index (χ4v) is 2.88. The molecule has 0 aliphatic rings. The van der Waals surface area contributed by atoms with E-state index in [1.54, 1.807) is 0 Å². The molecule has 7 heteroatoms. The van der Waals surface area contributed by atoms with Gasteiger partial charge in [-0.25, -0.2) is 8.78 Å². The molecule has 144 valence electrons. The zero-order valence-electron chi connectivity index (χ0n) is 14.6. The summed E-state index contributed by atoms with van der Waals surface area (Å²) in [6.45, 7) is 4.13. The Kier molecular flexibility index (Phi) is 9.50. The SMILES string of the molecule is CCC(NCC(O)COc1c(F)cc(Br)cc1F)c1ccc(C)cc1.Cl. The number of aryl methyl sites for hydroxylation is 1. The lowest BCUT2D eigenvalue weighted by molar-refractivity contribution is 0.0986. The second-order valence-corrected chi connectivity index (χ2v) is 6.86. The molecule has 2 rings (SSSR count). The van der Waals surface area contributed by atoms with Crippen LogP contribution in [-0.4, -0.2) is 24.4 Å². The van der Waals surface area contributed by atoms with E-state index in [-0.39, 0.29) is 31.6 Å².